The summed E-state index contributed by atoms with van der Waals surface area (Å²) in [5.74, 6) is 0.423. The minimum Gasteiger partial charge on any atom is -0.497 e. The highest BCUT2D eigenvalue weighted by Crippen LogP contribution is 2.34. The van der Waals surface area contributed by atoms with Crippen molar-refractivity contribution in [2.24, 2.45) is 0 Å². The van der Waals surface area contributed by atoms with Gasteiger partial charge in [0.15, 0.2) is 5.69 Å². The van der Waals surface area contributed by atoms with Crippen molar-refractivity contribution in [2.45, 2.75) is 6.18 Å². The van der Waals surface area contributed by atoms with Gasteiger partial charge in [0.05, 0.1) is 7.11 Å². The van der Waals surface area contributed by atoms with E-state index in [0.717, 1.165) is 0 Å². The van der Waals surface area contributed by atoms with Crippen LogP contribution in [0.4, 0.5) is 13.2 Å². The molecule has 2 aromatic heterocycles. The average molecular weight is 284 g/mol. The smallest absolute Gasteiger partial charge is 0.433 e. The van der Waals surface area contributed by atoms with E-state index in [2.05, 4.69) is 5.10 Å². The number of H-pyrrole nitrogens is 1. The average Bonchev–Trinajstić information content (AvgIpc) is 2.83. The highest BCUT2D eigenvalue weighted by Gasteiger charge is 2.37. The number of nitrogens with one attached hydrogen (secondary N) is 1. The minimum atomic E-state index is -4.70. The van der Waals surface area contributed by atoms with Crippen LogP contribution in [0.25, 0.3) is 21.9 Å². The van der Waals surface area contributed by atoms with Gasteiger partial charge >= 0.3 is 11.8 Å². The molecule has 0 fully saturated rings. The number of nitrogens with zero attached hydrogens (tertiary/aromatic N) is 1. The van der Waals surface area contributed by atoms with E-state index in [0.29, 0.717) is 11.1 Å². The summed E-state index contributed by atoms with van der Waals surface area (Å²) in [5.41, 5.74) is -2.27. The predicted molar refractivity (Wildman–Crippen MR) is 63.7 cm³/mol. The van der Waals surface area contributed by atoms with Crippen molar-refractivity contribution in [2.75, 3.05) is 7.11 Å². The SMILES string of the molecule is COc1ccc2c(c1)oc(=O)c1c(C(F)(F)F)[nH]nc12. The molecule has 2 heterocycles. The van der Waals surface area contributed by atoms with Crippen LogP contribution in [0, 0.1) is 0 Å². The maximum Gasteiger partial charge on any atom is 0.433 e. The molecule has 20 heavy (non-hydrogen) atoms. The Labute approximate surface area is 108 Å². The molecule has 0 atom stereocenters. The molecule has 5 nitrogen and oxygen atoms in total. The number of halogens is 3. The molecule has 0 aliphatic carbocycles. The Bertz CT molecular complexity index is 864. The highest BCUT2D eigenvalue weighted by molar-refractivity contribution is 6.03. The third kappa shape index (κ3) is 1.72. The second-order valence-electron chi connectivity index (χ2n) is 4.07. The Morgan fingerprint density at radius 3 is 2.75 bits per heavy atom. The minimum absolute atomic E-state index is 0.0776. The Kier molecular flexibility index (Phi) is 2.50. The quantitative estimate of drug-likeness (QED) is 0.698. The molecule has 0 amide bonds. The number of ether oxygens (including phenoxy) is 1. The van der Waals surface area contributed by atoms with Crippen molar-refractivity contribution >= 4 is 21.9 Å². The van der Waals surface area contributed by atoms with Gasteiger partial charge in [0.2, 0.25) is 0 Å². The number of aromatic nitrogens is 2. The molecule has 3 rings (SSSR count). The van der Waals surface area contributed by atoms with Crippen LogP contribution in [-0.4, -0.2) is 17.3 Å². The summed E-state index contributed by atoms with van der Waals surface area (Å²) in [4.78, 5) is 11.8. The van der Waals surface area contributed by atoms with Crippen molar-refractivity contribution in [3.8, 4) is 5.75 Å². The van der Waals surface area contributed by atoms with Gasteiger partial charge in [-0.3, -0.25) is 5.10 Å². The van der Waals surface area contributed by atoms with E-state index in [-0.39, 0.29) is 11.1 Å². The van der Waals surface area contributed by atoms with Gasteiger partial charge in [0.25, 0.3) is 0 Å². The normalized spacial score (nSPS) is 12.2. The molecule has 3 aromatic rings. The number of hydrogen-bond donors (Lipinski definition) is 1. The summed E-state index contributed by atoms with van der Waals surface area (Å²) < 4.78 is 48.2. The van der Waals surface area contributed by atoms with Crippen LogP contribution in [0.3, 0.4) is 0 Å². The van der Waals surface area contributed by atoms with Gasteiger partial charge in [-0.05, 0) is 12.1 Å². The van der Waals surface area contributed by atoms with E-state index < -0.39 is 22.9 Å². The number of hydrogen-bond acceptors (Lipinski definition) is 4. The molecule has 0 aliphatic rings. The summed E-state index contributed by atoms with van der Waals surface area (Å²) in [6.45, 7) is 0. The van der Waals surface area contributed by atoms with Gasteiger partial charge in [-0.2, -0.15) is 18.3 Å². The van der Waals surface area contributed by atoms with Crippen LogP contribution in [0.5, 0.6) is 5.75 Å². The molecule has 0 unspecified atom stereocenters. The Hall–Kier alpha value is -2.51. The zero-order valence-corrected chi connectivity index (χ0v) is 10.0. The largest absolute Gasteiger partial charge is 0.497 e. The summed E-state index contributed by atoms with van der Waals surface area (Å²) in [6, 6.07) is 4.45. The Balaban J connectivity index is 2.45. The molecule has 0 aliphatic heterocycles. The third-order valence-corrected chi connectivity index (χ3v) is 2.90. The number of rotatable bonds is 1. The number of alkyl halides is 3. The Morgan fingerprint density at radius 2 is 2.10 bits per heavy atom. The number of benzene rings is 1. The topological polar surface area (TPSA) is 68.1 Å². The van der Waals surface area contributed by atoms with Crippen molar-refractivity contribution < 1.29 is 22.3 Å². The maximum atomic E-state index is 12.8. The first-order valence-electron chi connectivity index (χ1n) is 5.48. The van der Waals surface area contributed by atoms with E-state index in [4.69, 9.17) is 9.15 Å². The van der Waals surface area contributed by atoms with Crippen molar-refractivity contribution in [1.82, 2.24) is 10.2 Å². The molecule has 1 aromatic carbocycles. The van der Waals surface area contributed by atoms with E-state index in [9.17, 15) is 18.0 Å². The fourth-order valence-electron chi connectivity index (χ4n) is 2.00. The van der Waals surface area contributed by atoms with Gasteiger partial charge in [0.1, 0.15) is 22.2 Å². The summed E-state index contributed by atoms with van der Waals surface area (Å²) >= 11 is 0. The van der Waals surface area contributed by atoms with Crippen LogP contribution in [0.15, 0.2) is 27.4 Å². The summed E-state index contributed by atoms with van der Waals surface area (Å²) in [7, 11) is 1.42. The molecule has 104 valence electrons. The van der Waals surface area contributed by atoms with Crippen LogP contribution >= 0.6 is 0 Å². The zero-order valence-electron chi connectivity index (χ0n) is 10.0. The predicted octanol–water partition coefficient (Wildman–Crippen LogP) is 2.70. The second kappa shape index (κ2) is 3.99. The lowest BCUT2D eigenvalue weighted by Gasteiger charge is -2.04. The molecule has 1 N–H and O–H groups in total. The van der Waals surface area contributed by atoms with Crippen LogP contribution in [0.1, 0.15) is 5.69 Å². The van der Waals surface area contributed by atoms with Crippen molar-refractivity contribution in [1.29, 1.82) is 0 Å². The molecule has 8 heteroatoms. The number of fused-ring (bicyclic) bond motifs is 3. The first-order valence-corrected chi connectivity index (χ1v) is 5.48. The monoisotopic (exact) mass is 284 g/mol. The van der Waals surface area contributed by atoms with Crippen LogP contribution in [0.2, 0.25) is 0 Å². The fraction of sp³-hybridized carbons (Fsp3) is 0.167. The first-order chi connectivity index (χ1) is 9.41. The lowest BCUT2D eigenvalue weighted by Crippen LogP contribution is -2.10. The van der Waals surface area contributed by atoms with Gasteiger partial charge in [-0.15, -0.1) is 0 Å². The third-order valence-electron chi connectivity index (χ3n) is 2.90. The van der Waals surface area contributed by atoms with E-state index in [1.807, 2.05) is 5.10 Å². The summed E-state index contributed by atoms with van der Waals surface area (Å²) in [5, 5.41) is 5.13. The number of aromatic amines is 1. The van der Waals surface area contributed by atoms with Gasteiger partial charge in [-0.25, -0.2) is 4.79 Å². The van der Waals surface area contributed by atoms with Gasteiger partial charge < -0.3 is 9.15 Å². The molecule has 0 saturated carbocycles. The molecule has 0 saturated heterocycles. The van der Waals surface area contributed by atoms with E-state index in [1.54, 1.807) is 6.07 Å². The van der Waals surface area contributed by atoms with Crippen molar-refractivity contribution in [3.05, 3.63) is 34.3 Å². The molecule has 0 spiro atoms. The molecular weight excluding hydrogens is 277 g/mol. The Morgan fingerprint density at radius 1 is 1.35 bits per heavy atom. The van der Waals surface area contributed by atoms with Crippen LogP contribution < -0.4 is 10.4 Å². The van der Waals surface area contributed by atoms with Crippen molar-refractivity contribution in [3.63, 3.8) is 0 Å². The highest BCUT2D eigenvalue weighted by atomic mass is 19.4. The fourth-order valence-corrected chi connectivity index (χ4v) is 2.00. The standard InChI is InChI=1S/C12H7F3N2O3/c1-19-5-2-3-6-7(4-5)20-11(18)8-9(6)16-17-10(8)12(13,14)15/h2-4H,1H3,(H,16,17). The second-order valence-corrected chi connectivity index (χ2v) is 4.07. The lowest BCUT2D eigenvalue weighted by molar-refractivity contribution is -0.140. The first kappa shape index (κ1) is 12.5. The maximum absolute atomic E-state index is 12.8. The molecule has 0 radical (unpaired) electrons. The number of methoxy groups -OCH3 is 1. The summed E-state index contributed by atoms with van der Waals surface area (Å²) in [6.07, 6.45) is -4.70. The van der Waals surface area contributed by atoms with Gasteiger partial charge in [-0.1, -0.05) is 0 Å². The van der Waals surface area contributed by atoms with E-state index >= 15 is 0 Å². The molecule has 0 bridgehead atoms. The van der Waals surface area contributed by atoms with Crippen LogP contribution in [-0.2, 0) is 6.18 Å². The van der Waals surface area contributed by atoms with E-state index in [1.165, 1.54) is 19.2 Å². The lowest BCUT2D eigenvalue weighted by atomic mass is 10.1. The zero-order chi connectivity index (χ0) is 14.5. The van der Waals surface area contributed by atoms with Gasteiger partial charge in [0, 0.05) is 11.5 Å². The molecular formula is C12H7F3N2O3.